The van der Waals surface area contributed by atoms with Crippen molar-refractivity contribution >= 4 is 34.3 Å². The minimum absolute atomic E-state index is 0.255. The lowest BCUT2D eigenvalue weighted by Crippen LogP contribution is -2.47. The molecule has 2 amide bonds. The van der Waals surface area contributed by atoms with Crippen LogP contribution >= 0.6 is 11.6 Å². The quantitative estimate of drug-likeness (QED) is 0.668. The molecule has 1 atom stereocenters. The highest BCUT2D eigenvalue weighted by Crippen LogP contribution is 2.29. The van der Waals surface area contributed by atoms with E-state index in [0.717, 1.165) is 22.2 Å². The molecule has 0 bridgehead atoms. The molecule has 0 radical (unpaired) electrons. The van der Waals surface area contributed by atoms with E-state index in [9.17, 15) is 9.59 Å². The molecule has 0 saturated heterocycles. The van der Waals surface area contributed by atoms with Gasteiger partial charge in [-0.25, -0.2) is 0 Å². The zero-order valence-electron chi connectivity index (χ0n) is 14.7. The SMILES string of the molecule is Cn1cc(C(=O)NNC(=O)[C@@H]2COc3ccc(Cl)cc3C2)c2ccccc21. The van der Waals surface area contributed by atoms with Crippen molar-refractivity contribution in [3.8, 4) is 5.75 Å². The second-order valence-electron chi connectivity index (χ2n) is 6.58. The van der Waals surface area contributed by atoms with Crippen LogP contribution in [0.2, 0.25) is 5.02 Å². The summed E-state index contributed by atoms with van der Waals surface area (Å²) in [6, 6.07) is 13.0. The highest BCUT2D eigenvalue weighted by atomic mass is 35.5. The Balaban J connectivity index is 1.43. The van der Waals surface area contributed by atoms with Crippen LogP contribution in [0.4, 0.5) is 0 Å². The van der Waals surface area contributed by atoms with Crippen LogP contribution in [0.25, 0.3) is 10.9 Å². The van der Waals surface area contributed by atoms with Crippen molar-refractivity contribution in [1.82, 2.24) is 15.4 Å². The fraction of sp³-hybridized carbons (Fsp3) is 0.200. The van der Waals surface area contributed by atoms with Gasteiger partial charge in [-0.1, -0.05) is 29.8 Å². The summed E-state index contributed by atoms with van der Waals surface area (Å²) in [6.45, 7) is 0.255. The zero-order valence-corrected chi connectivity index (χ0v) is 15.4. The lowest BCUT2D eigenvalue weighted by molar-refractivity contribution is -0.127. The first-order valence-electron chi connectivity index (χ1n) is 8.58. The number of aryl methyl sites for hydroxylation is 1. The van der Waals surface area contributed by atoms with E-state index >= 15 is 0 Å². The fourth-order valence-electron chi connectivity index (χ4n) is 3.34. The van der Waals surface area contributed by atoms with Gasteiger partial charge in [-0.05, 0) is 36.2 Å². The first-order valence-corrected chi connectivity index (χ1v) is 8.96. The summed E-state index contributed by atoms with van der Waals surface area (Å²) < 4.78 is 7.51. The summed E-state index contributed by atoms with van der Waals surface area (Å²) >= 11 is 6.01. The Morgan fingerprint density at radius 1 is 1.19 bits per heavy atom. The molecule has 0 unspecified atom stereocenters. The average molecular weight is 384 g/mol. The van der Waals surface area contributed by atoms with Crippen molar-refractivity contribution in [1.29, 1.82) is 0 Å². The molecule has 27 heavy (non-hydrogen) atoms. The maximum atomic E-state index is 12.5. The van der Waals surface area contributed by atoms with E-state index in [-0.39, 0.29) is 18.4 Å². The molecule has 0 saturated carbocycles. The molecule has 2 heterocycles. The van der Waals surface area contributed by atoms with Crippen molar-refractivity contribution in [2.24, 2.45) is 13.0 Å². The van der Waals surface area contributed by atoms with Gasteiger partial charge in [-0.2, -0.15) is 0 Å². The second-order valence-corrected chi connectivity index (χ2v) is 7.01. The molecule has 4 rings (SSSR count). The summed E-state index contributed by atoms with van der Waals surface area (Å²) in [6.07, 6.45) is 2.25. The number of nitrogens with zero attached hydrogens (tertiary/aromatic N) is 1. The molecule has 2 N–H and O–H groups in total. The van der Waals surface area contributed by atoms with E-state index in [1.807, 2.05) is 35.9 Å². The van der Waals surface area contributed by atoms with Crippen molar-refractivity contribution in [3.05, 3.63) is 64.8 Å². The van der Waals surface area contributed by atoms with Crippen molar-refractivity contribution < 1.29 is 14.3 Å². The van der Waals surface area contributed by atoms with E-state index in [1.165, 1.54) is 0 Å². The standard InChI is InChI=1S/C20H18ClN3O3/c1-24-10-16(15-4-2-3-5-17(15)24)20(26)23-22-19(25)13-8-12-9-14(21)6-7-18(12)27-11-13/h2-7,9-10,13H,8,11H2,1H3,(H,22,25)(H,23,26)/t13-/m0/s1. The largest absolute Gasteiger partial charge is 0.492 e. The van der Waals surface area contributed by atoms with Gasteiger partial charge < -0.3 is 9.30 Å². The van der Waals surface area contributed by atoms with Gasteiger partial charge in [0.1, 0.15) is 12.4 Å². The molecule has 1 aromatic heterocycles. The molecule has 0 aliphatic carbocycles. The number of nitrogens with one attached hydrogen (secondary N) is 2. The summed E-state index contributed by atoms with van der Waals surface area (Å²) in [4.78, 5) is 25.0. The summed E-state index contributed by atoms with van der Waals surface area (Å²) in [5.74, 6) is -0.318. The summed E-state index contributed by atoms with van der Waals surface area (Å²) in [7, 11) is 1.87. The molecular weight excluding hydrogens is 366 g/mol. The number of benzene rings is 2. The number of carbonyl (C=O) groups excluding carboxylic acids is 2. The maximum Gasteiger partial charge on any atom is 0.271 e. The normalized spacial score (nSPS) is 15.7. The Morgan fingerprint density at radius 3 is 2.85 bits per heavy atom. The maximum absolute atomic E-state index is 12.5. The number of para-hydroxylation sites is 1. The van der Waals surface area contributed by atoms with Gasteiger partial charge in [0.2, 0.25) is 5.91 Å². The van der Waals surface area contributed by atoms with Gasteiger partial charge in [-0.3, -0.25) is 20.4 Å². The van der Waals surface area contributed by atoms with Crippen molar-refractivity contribution in [2.45, 2.75) is 6.42 Å². The molecule has 1 aliphatic rings. The minimum atomic E-state index is -0.399. The second kappa shape index (κ2) is 6.96. The highest BCUT2D eigenvalue weighted by Gasteiger charge is 2.26. The Bertz CT molecular complexity index is 1040. The number of hydrogen-bond donors (Lipinski definition) is 2. The molecule has 6 nitrogen and oxygen atoms in total. The first-order chi connectivity index (χ1) is 13.0. The number of hydrogen-bond acceptors (Lipinski definition) is 3. The highest BCUT2D eigenvalue weighted by molar-refractivity contribution is 6.30. The van der Waals surface area contributed by atoms with Crippen LogP contribution < -0.4 is 15.6 Å². The predicted octanol–water partition coefficient (Wildman–Crippen LogP) is 2.84. The van der Waals surface area contributed by atoms with Gasteiger partial charge in [-0.15, -0.1) is 0 Å². The van der Waals surface area contributed by atoms with Crippen molar-refractivity contribution in [2.75, 3.05) is 6.61 Å². The average Bonchev–Trinajstić information content (AvgIpc) is 3.02. The van der Waals surface area contributed by atoms with Gasteiger partial charge in [0.25, 0.3) is 5.91 Å². The minimum Gasteiger partial charge on any atom is -0.492 e. The number of ether oxygens (including phenoxy) is 1. The number of amides is 2. The van der Waals surface area contributed by atoms with Crippen LogP contribution in [0.15, 0.2) is 48.7 Å². The molecular formula is C20H18ClN3O3. The molecule has 0 fully saturated rings. The fourth-order valence-corrected chi connectivity index (χ4v) is 3.54. The number of hydrazine groups is 1. The van der Waals surface area contributed by atoms with E-state index in [2.05, 4.69) is 10.9 Å². The van der Waals surface area contributed by atoms with E-state index in [0.29, 0.717) is 17.0 Å². The monoisotopic (exact) mass is 383 g/mol. The van der Waals surface area contributed by atoms with Gasteiger partial charge in [0, 0.05) is 29.2 Å². The van der Waals surface area contributed by atoms with E-state index in [4.69, 9.17) is 16.3 Å². The Hall–Kier alpha value is -2.99. The topological polar surface area (TPSA) is 72.4 Å². The van der Waals surface area contributed by atoms with Crippen LogP contribution in [-0.2, 0) is 18.3 Å². The predicted molar refractivity (Wildman–Crippen MR) is 103 cm³/mol. The molecule has 1 aliphatic heterocycles. The van der Waals surface area contributed by atoms with Crippen LogP contribution in [0.5, 0.6) is 5.75 Å². The van der Waals surface area contributed by atoms with Gasteiger partial charge in [0.05, 0.1) is 11.5 Å². The first kappa shape index (κ1) is 17.4. The lowest BCUT2D eigenvalue weighted by atomic mass is 9.96. The van der Waals surface area contributed by atoms with Crippen LogP contribution in [0, 0.1) is 5.92 Å². The Labute approximate surface area is 161 Å². The Morgan fingerprint density at radius 2 is 2.00 bits per heavy atom. The molecule has 7 heteroatoms. The van der Waals surface area contributed by atoms with E-state index in [1.54, 1.807) is 24.4 Å². The molecule has 2 aromatic carbocycles. The van der Waals surface area contributed by atoms with Crippen molar-refractivity contribution in [3.63, 3.8) is 0 Å². The van der Waals surface area contributed by atoms with Gasteiger partial charge >= 0.3 is 0 Å². The number of halogens is 1. The summed E-state index contributed by atoms with van der Waals surface area (Å²) in [5.41, 5.74) is 7.35. The third kappa shape index (κ3) is 3.36. The molecule has 0 spiro atoms. The summed E-state index contributed by atoms with van der Waals surface area (Å²) in [5, 5.41) is 1.43. The third-order valence-corrected chi connectivity index (χ3v) is 4.98. The van der Waals surface area contributed by atoms with Crippen LogP contribution in [0.3, 0.4) is 0 Å². The number of fused-ring (bicyclic) bond motifs is 2. The van der Waals surface area contributed by atoms with Crippen LogP contribution in [0.1, 0.15) is 15.9 Å². The van der Waals surface area contributed by atoms with E-state index < -0.39 is 5.92 Å². The van der Waals surface area contributed by atoms with Gasteiger partial charge in [0.15, 0.2) is 0 Å². The number of carbonyl (C=O) groups is 2. The lowest BCUT2D eigenvalue weighted by Gasteiger charge is -2.24. The van der Waals surface area contributed by atoms with Crippen LogP contribution in [-0.4, -0.2) is 23.0 Å². The molecule has 138 valence electrons. The Kier molecular flexibility index (Phi) is 4.49. The third-order valence-electron chi connectivity index (χ3n) is 4.74. The zero-order chi connectivity index (χ0) is 19.0. The number of aromatic nitrogens is 1. The smallest absolute Gasteiger partial charge is 0.271 e. The molecule has 3 aromatic rings. The number of rotatable bonds is 2.